The number of anilines is 1. The van der Waals surface area contributed by atoms with E-state index in [9.17, 15) is 22.8 Å². The van der Waals surface area contributed by atoms with Crippen molar-refractivity contribution in [2.24, 2.45) is 0 Å². The fourth-order valence-corrected chi connectivity index (χ4v) is 4.90. The van der Waals surface area contributed by atoms with Gasteiger partial charge >= 0.3 is 12.3 Å². The number of benzene rings is 3. The predicted octanol–water partition coefficient (Wildman–Crippen LogP) is 6.17. The molecule has 0 unspecified atom stereocenters. The zero-order chi connectivity index (χ0) is 30.1. The summed E-state index contributed by atoms with van der Waals surface area (Å²) in [5, 5.41) is 13.9. The minimum atomic E-state index is -4.76. The van der Waals surface area contributed by atoms with Crippen LogP contribution in [-0.4, -0.2) is 48.5 Å². The van der Waals surface area contributed by atoms with E-state index in [-0.39, 0.29) is 24.6 Å². The van der Waals surface area contributed by atoms with E-state index in [1.165, 1.54) is 35.6 Å². The Bertz CT molecular complexity index is 1470. The van der Waals surface area contributed by atoms with Crippen molar-refractivity contribution in [2.45, 2.75) is 25.7 Å². The summed E-state index contributed by atoms with van der Waals surface area (Å²) in [4.78, 5) is 29.9. The molecule has 1 heterocycles. The molecule has 42 heavy (non-hydrogen) atoms. The van der Waals surface area contributed by atoms with E-state index >= 15 is 0 Å². The number of nitrogens with one attached hydrogen (secondary N) is 1. The van der Waals surface area contributed by atoms with Gasteiger partial charge in [0.25, 0.3) is 5.91 Å². The highest BCUT2D eigenvalue weighted by Crippen LogP contribution is 2.31. The van der Waals surface area contributed by atoms with E-state index in [4.69, 9.17) is 14.8 Å². The Labute approximate surface area is 244 Å². The number of hydrogen-bond donors (Lipinski definition) is 2. The number of hydrogen-bond acceptors (Lipinski definition) is 7. The number of amides is 1. The van der Waals surface area contributed by atoms with E-state index < -0.39 is 12.3 Å². The molecule has 2 N–H and O–H groups in total. The van der Waals surface area contributed by atoms with E-state index in [1.54, 1.807) is 19.2 Å². The maximum Gasteiger partial charge on any atom is 0.573 e. The first kappa shape index (κ1) is 30.4. The van der Waals surface area contributed by atoms with Gasteiger partial charge in [-0.25, -0.2) is 4.98 Å². The van der Waals surface area contributed by atoms with E-state index in [2.05, 4.69) is 15.0 Å². The Kier molecular flexibility index (Phi) is 10.0. The summed E-state index contributed by atoms with van der Waals surface area (Å²) in [6, 6.07) is 20.4. The van der Waals surface area contributed by atoms with Gasteiger partial charge in [0.05, 0.1) is 19.2 Å². The zero-order valence-corrected chi connectivity index (χ0v) is 23.4. The summed E-state index contributed by atoms with van der Waals surface area (Å²) in [5.74, 6) is -0.880. The molecule has 220 valence electrons. The molecule has 0 bridgehead atoms. The summed E-state index contributed by atoms with van der Waals surface area (Å²) < 4.78 is 46.8. The van der Waals surface area contributed by atoms with Gasteiger partial charge in [0.15, 0.2) is 5.13 Å². The van der Waals surface area contributed by atoms with Gasteiger partial charge in [-0.15, -0.1) is 24.5 Å². The molecule has 0 spiro atoms. The Hall–Kier alpha value is -4.58. The van der Waals surface area contributed by atoms with Crippen molar-refractivity contribution in [1.29, 1.82) is 0 Å². The Morgan fingerprint density at radius 3 is 2.21 bits per heavy atom. The van der Waals surface area contributed by atoms with Gasteiger partial charge in [-0.2, -0.15) is 0 Å². The molecule has 0 saturated heterocycles. The maximum atomic E-state index is 12.5. The molecule has 0 aliphatic carbocycles. The third-order valence-electron chi connectivity index (χ3n) is 6.19. The molecule has 0 fully saturated rings. The van der Waals surface area contributed by atoms with Gasteiger partial charge in [-0.1, -0.05) is 24.3 Å². The number of halogens is 3. The molecular formula is C30H28F3N3O5S. The minimum Gasteiger partial charge on any atom is -0.497 e. The largest absolute Gasteiger partial charge is 0.573 e. The van der Waals surface area contributed by atoms with Crippen molar-refractivity contribution in [2.75, 3.05) is 25.1 Å². The molecule has 0 aliphatic heterocycles. The van der Waals surface area contributed by atoms with E-state index in [0.29, 0.717) is 36.3 Å². The van der Waals surface area contributed by atoms with Gasteiger partial charge < -0.3 is 24.8 Å². The average molecular weight is 600 g/mol. The highest BCUT2D eigenvalue weighted by Gasteiger charge is 2.31. The van der Waals surface area contributed by atoms with Gasteiger partial charge in [0.1, 0.15) is 11.5 Å². The van der Waals surface area contributed by atoms with Crippen LogP contribution in [0.5, 0.6) is 11.5 Å². The fourth-order valence-electron chi connectivity index (χ4n) is 4.04. The summed E-state index contributed by atoms with van der Waals surface area (Å²) in [5.41, 5.74) is 3.73. The van der Waals surface area contributed by atoms with Crippen molar-refractivity contribution < 1.29 is 37.3 Å². The van der Waals surface area contributed by atoms with Crippen molar-refractivity contribution >= 4 is 28.3 Å². The number of carbonyl (C=O) groups excluding carboxylic acids is 1. The van der Waals surface area contributed by atoms with Crippen LogP contribution in [0, 0.1) is 0 Å². The standard InChI is InChI=1S/C30H28F3N3O5S/c1-40-24-10-4-20(5-11-24)15-17-36(18-21-2-6-23(7-3-21)28(39)34-16-14-27(37)38)29-35-26(19-42-29)22-8-12-25(13-9-22)41-30(31,32)33/h2-13,19H,14-18H2,1H3,(H,34,39)(H,37,38). The third-order valence-corrected chi connectivity index (χ3v) is 7.09. The van der Waals surface area contributed by atoms with Gasteiger partial charge in [0, 0.05) is 36.1 Å². The lowest BCUT2D eigenvalue weighted by Crippen LogP contribution is -2.26. The second-order valence-electron chi connectivity index (χ2n) is 9.20. The van der Waals surface area contributed by atoms with Crippen LogP contribution in [0.1, 0.15) is 27.9 Å². The first-order valence-electron chi connectivity index (χ1n) is 12.9. The number of rotatable bonds is 13. The third kappa shape index (κ3) is 8.96. The Morgan fingerprint density at radius 2 is 1.60 bits per heavy atom. The number of methoxy groups -OCH3 is 1. The molecule has 3 aromatic carbocycles. The normalized spacial score (nSPS) is 11.1. The van der Waals surface area contributed by atoms with Crippen LogP contribution in [0.2, 0.25) is 0 Å². The Balaban J connectivity index is 1.50. The molecule has 0 saturated carbocycles. The number of ether oxygens (including phenoxy) is 2. The first-order valence-corrected chi connectivity index (χ1v) is 13.8. The van der Waals surface area contributed by atoms with Crippen LogP contribution in [0.4, 0.5) is 18.3 Å². The summed E-state index contributed by atoms with van der Waals surface area (Å²) in [7, 11) is 1.61. The summed E-state index contributed by atoms with van der Waals surface area (Å²) in [6.45, 7) is 1.15. The van der Waals surface area contributed by atoms with Gasteiger partial charge in [-0.3, -0.25) is 9.59 Å². The molecule has 12 heteroatoms. The van der Waals surface area contributed by atoms with Crippen LogP contribution >= 0.6 is 11.3 Å². The number of aromatic nitrogens is 1. The maximum absolute atomic E-state index is 12.5. The SMILES string of the molecule is COc1ccc(CCN(Cc2ccc(C(=O)NCCC(=O)O)cc2)c2nc(-c3ccc(OC(F)(F)F)cc3)cs2)cc1. The molecular weight excluding hydrogens is 571 g/mol. The van der Waals surface area contributed by atoms with Gasteiger partial charge in [-0.05, 0) is 66.1 Å². The summed E-state index contributed by atoms with van der Waals surface area (Å²) in [6.07, 6.45) is -4.21. The van der Waals surface area contributed by atoms with Crippen LogP contribution in [0.25, 0.3) is 11.3 Å². The topological polar surface area (TPSA) is 101 Å². The zero-order valence-electron chi connectivity index (χ0n) is 22.6. The quantitative estimate of drug-likeness (QED) is 0.190. The lowest BCUT2D eigenvalue weighted by Gasteiger charge is -2.22. The Morgan fingerprint density at radius 1 is 0.952 bits per heavy atom. The highest BCUT2D eigenvalue weighted by molar-refractivity contribution is 7.14. The van der Waals surface area contributed by atoms with Crippen LogP contribution in [0.15, 0.2) is 78.2 Å². The minimum absolute atomic E-state index is 0.0412. The van der Waals surface area contributed by atoms with Crippen molar-refractivity contribution in [3.8, 4) is 22.8 Å². The smallest absolute Gasteiger partial charge is 0.497 e. The molecule has 0 radical (unpaired) electrons. The van der Waals surface area contributed by atoms with Crippen molar-refractivity contribution in [1.82, 2.24) is 10.3 Å². The number of carbonyl (C=O) groups is 2. The molecule has 8 nitrogen and oxygen atoms in total. The highest BCUT2D eigenvalue weighted by atomic mass is 32.1. The molecule has 4 aromatic rings. The van der Waals surface area contributed by atoms with Crippen molar-refractivity contribution in [3.05, 3.63) is 94.9 Å². The fraction of sp³-hybridized carbons (Fsp3) is 0.233. The van der Waals surface area contributed by atoms with Crippen LogP contribution < -0.4 is 19.7 Å². The molecule has 1 aromatic heterocycles. The molecule has 1 amide bonds. The lowest BCUT2D eigenvalue weighted by molar-refractivity contribution is -0.274. The first-order chi connectivity index (χ1) is 20.1. The molecule has 0 aliphatic rings. The second kappa shape index (κ2) is 13.9. The van der Waals surface area contributed by atoms with E-state index in [1.807, 2.05) is 41.8 Å². The number of nitrogens with zero attached hydrogens (tertiary/aromatic N) is 2. The number of carboxylic acids is 1. The number of aliphatic carboxylic acids is 1. The predicted molar refractivity (Wildman–Crippen MR) is 153 cm³/mol. The monoisotopic (exact) mass is 599 g/mol. The van der Waals surface area contributed by atoms with Gasteiger partial charge in [0.2, 0.25) is 0 Å². The number of carboxylic acid groups (broad SMARTS) is 1. The second-order valence-corrected chi connectivity index (χ2v) is 10.0. The van der Waals surface area contributed by atoms with Crippen LogP contribution in [0.3, 0.4) is 0 Å². The summed E-state index contributed by atoms with van der Waals surface area (Å²) >= 11 is 1.42. The van der Waals surface area contributed by atoms with E-state index in [0.717, 1.165) is 22.0 Å². The lowest BCUT2D eigenvalue weighted by atomic mass is 10.1. The number of alkyl halides is 3. The molecule has 4 rings (SSSR count). The number of thiazole rings is 1. The average Bonchev–Trinajstić information content (AvgIpc) is 3.45. The van der Waals surface area contributed by atoms with Crippen molar-refractivity contribution in [3.63, 3.8) is 0 Å². The van der Waals surface area contributed by atoms with Crippen LogP contribution in [-0.2, 0) is 17.8 Å². The molecule has 0 atom stereocenters.